The summed E-state index contributed by atoms with van der Waals surface area (Å²) in [6, 6.07) is 10.4. The van der Waals surface area contributed by atoms with Gasteiger partial charge in [0.15, 0.2) is 9.84 Å². The number of sulfone groups is 1. The molecule has 2 heterocycles. The average Bonchev–Trinajstić information content (AvgIpc) is 3.40. The maximum atomic E-state index is 13.3. The third kappa shape index (κ3) is 6.18. The monoisotopic (exact) mass is 445 g/mol. The van der Waals surface area contributed by atoms with E-state index in [9.17, 15) is 13.2 Å². The van der Waals surface area contributed by atoms with Gasteiger partial charge in [0, 0.05) is 44.8 Å². The number of hydrogen-bond donors (Lipinski definition) is 0. The molecule has 31 heavy (non-hydrogen) atoms. The van der Waals surface area contributed by atoms with Crippen LogP contribution in [0.4, 0.5) is 0 Å². The second-order valence-corrected chi connectivity index (χ2v) is 11.4. The van der Waals surface area contributed by atoms with Crippen molar-refractivity contribution in [1.29, 1.82) is 0 Å². The highest BCUT2D eigenvalue weighted by Crippen LogP contribution is 2.29. The Bertz CT molecular complexity index is 857. The normalized spacial score (nSPS) is 25.4. The second-order valence-electron chi connectivity index (χ2n) is 9.19. The van der Waals surface area contributed by atoms with Crippen LogP contribution in [0.1, 0.15) is 37.7 Å². The zero-order valence-electron chi connectivity index (χ0n) is 18.4. The molecule has 4 rings (SSSR count). The molecule has 2 aliphatic heterocycles. The summed E-state index contributed by atoms with van der Waals surface area (Å²) < 4.78 is 24.1. The molecule has 0 unspecified atom stereocenters. The van der Waals surface area contributed by atoms with Crippen molar-refractivity contribution in [3.63, 3.8) is 0 Å². The molecule has 3 fully saturated rings. The van der Waals surface area contributed by atoms with E-state index in [2.05, 4.69) is 34.1 Å². The predicted molar refractivity (Wildman–Crippen MR) is 125 cm³/mol. The molecule has 0 aromatic heterocycles. The first kappa shape index (κ1) is 22.5. The van der Waals surface area contributed by atoms with Crippen LogP contribution in [-0.4, -0.2) is 91.9 Å². The fourth-order valence-corrected chi connectivity index (χ4v) is 6.90. The van der Waals surface area contributed by atoms with E-state index < -0.39 is 9.84 Å². The summed E-state index contributed by atoms with van der Waals surface area (Å²) in [6.45, 7) is 5.01. The lowest BCUT2D eigenvalue weighted by molar-refractivity contribution is -0.137. The van der Waals surface area contributed by atoms with Gasteiger partial charge in [0.25, 0.3) is 0 Å². The van der Waals surface area contributed by atoms with E-state index in [-0.39, 0.29) is 29.5 Å². The Morgan fingerprint density at radius 2 is 1.65 bits per heavy atom. The molecule has 0 radical (unpaired) electrons. The maximum absolute atomic E-state index is 13.3. The summed E-state index contributed by atoms with van der Waals surface area (Å²) in [5, 5.41) is 0. The van der Waals surface area contributed by atoms with Gasteiger partial charge in [-0.25, -0.2) is 8.42 Å². The topological polar surface area (TPSA) is 60.9 Å². The van der Waals surface area contributed by atoms with Gasteiger partial charge in [-0.05, 0) is 24.8 Å². The van der Waals surface area contributed by atoms with Crippen molar-refractivity contribution in [2.45, 2.75) is 44.2 Å². The molecule has 6 nitrogen and oxygen atoms in total. The van der Waals surface area contributed by atoms with Crippen LogP contribution in [0.3, 0.4) is 0 Å². The number of hydrogen-bond acceptors (Lipinski definition) is 5. The molecule has 1 amide bonds. The van der Waals surface area contributed by atoms with Crippen LogP contribution in [0, 0.1) is 0 Å². The number of carbonyl (C=O) groups excluding carboxylic acids is 1. The molecule has 3 aliphatic rings. The van der Waals surface area contributed by atoms with Crippen molar-refractivity contribution < 1.29 is 13.2 Å². The van der Waals surface area contributed by atoms with Crippen molar-refractivity contribution in [1.82, 2.24) is 14.7 Å². The molecule has 170 valence electrons. The fourth-order valence-electron chi connectivity index (χ4n) is 5.19. The van der Waals surface area contributed by atoms with Crippen LogP contribution >= 0.6 is 0 Å². The summed E-state index contributed by atoms with van der Waals surface area (Å²) in [6.07, 6.45) is 9.29. The lowest BCUT2D eigenvalue weighted by Gasteiger charge is -2.38. The van der Waals surface area contributed by atoms with Gasteiger partial charge >= 0.3 is 0 Å². The molecule has 7 heteroatoms. The van der Waals surface area contributed by atoms with E-state index in [4.69, 9.17) is 0 Å². The van der Waals surface area contributed by atoms with Gasteiger partial charge in [0.05, 0.1) is 18.1 Å². The molecule has 1 aliphatic carbocycles. The smallest absolute Gasteiger partial charge is 0.237 e. The third-order valence-electron chi connectivity index (χ3n) is 6.91. The predicted octanol–water partition coefficient (Wildman–Crippen LogP) is 2.28. The second kappa shape index (κ2) is 10.3. The van der Waals surface area contributed by atoms with Crippen molar-refractivity contribution in [3.05, 3.63) is 42.0 Å². The van der Waals surface area contributed by atoms with Gasteiger partial charge in [-0.15, -0.1) is 0 Å². The van der Waals surface area contributed by atoms with Gasteiger partial charge in [-0.2, -0.15) is 0 Å². The van der Waals surface area contributed by atoms with Crippen LogP contribution < -0.4 is 0 Å². The Labute approximate surface area is 186 Å². The van der Waals surface area contributed by atoms with E-state index in [1.165, 1.54) is 5.56 Å². The summed E-state index contributed by atoms with van der Waals surface area (Å²) in [5.74, 6) is 0.506. The number of benzene rings is 1. The first-order valence-corrected chi connectivity index (χ1v) is 13.5. The molecule has 2 saturated heterocycles. The fraction of sp³-hybridized carbons (Fsp3) is 0.625. The molecule has 0 spiro atoms. The van der Waals surface area contributed by atoms with E-state index in [1.807, 2.05) is 23.1 Å². The zero-order valence-corrected chi connectivity index (χ0v) is 19.2. The van der Waals surface area contributed by atoms with E-state index in [0.717, 1.165) is 58.4 Å². The zero-order chi connectivity index (χ0) is 21.7. The quantitative estimate of drug-likeness (QED) is 0.644. The third-order valence-corrected chi connectivity index (χ3v) is 8.66. The van der Waals surface area contributed by atoms with Crippen molar-refractivity contribution in [2.75, 3.05) is 50.8 Å². The minimum Gasteiger partial charge on any atom is -0.335 e. The SMILES string of the molecule is O=C(CN1CCN(C/C=C/c2ccccc2)CC1)N(C1CCCC1)[C@@H]1CCS(=O)(=O)C1. The van der Waals surface area contributed by atoms with Gasteiger partial charge in [0.1, 0.15) is 0 Å². The first-order valence-electron chi connectivity index (χ1n) is 11.7. The van der Waals surface area contributed by atoms with Gasteiger partial charge in [-0.3, -0.25) is 14.6 Å². The molecule has 1 saturated carbocycles. The Morgan fingerprint density at radius 1 is 0.968 bits per heavy atom. The van der Waals surface area contributed by atoms with Crippen molar-refractivity contribution >= 4 is 21.8 Å². The average molecular weight is 446 g/mol. The highest BCUT2D eigenvalue weighted by Gasteiger charge is 2.39. The molecule has 1 aromatic rings. The Morgan fingerprint density at radius 3 is 2.29 bits per heavy atom. The molecule has 1 atom stereocenters. The largest absolute Gasteiger partial charge is 0.335 e. The van der Waals surface area contributed by atoms with E-state index in [0.29, 0.717) is 13.0 Å². The number of carbonyl (C=O) groups is 1. The van der Waals surface area contributed by atoms with Crippen LogP contribution in [0.15, 0.2) is 36.4 Å². The Balaban J connectivity index is 1.27. The summed E-state index contributed by atoms with van der Waals surface area (Å²) in [4.78, 5) is 19.9. The Hall–Kier alpha value is -1.70. The van der Waals surface area contributed by atoms with Crippen LogP contribution in [0.2, 0.25) is 0 Å². The highest BCUT2D eigenvalue weighted by atomic mass is 32.2. The number of rotatable bonds is 7. The lowest BCUT2D eigenvalue weighted by atomic mass is 10.1. The van der Waals surface area contributed by atoms with Gasteiger partial charge in [-0.1, -0.05) is 55.3 Å². The van der Waals surface area contributed by atoms with Crippen LogP contribution in [0.5, 0.6) is 0 Å². The minimum atomic E-state index is -2.99. The standard InChI is InChI=1S/C24H35N3O3S/c28-24(27(22-10-4-5-11-22)23-12-18-31(29,30)20-23)19-26-16-14-25(15-17-26)13-6-9-21-7-2-1-3-8-21/h1-3,6-9,22-23H,4-5,10-20H2/b9-6+/t23-/m1/s1. The van der Waals surface area contributed by atoms with Crippen LogP contribution in [0.25, 0.3) is 6.08 Å². The van der Waals surface area contributed by atoms with E-state index >= 15 is 0 Å². The van der Waals surface area contributed by atoms with Crippen molar-refractivity contribution in [2.24, 2.45) is 0 Å². The van der Waals surface area contributed by atoms with Crippen LogP contribution in [-0.2, 0) is 14.6 Å². The highest BCUT2D eigenvalue weighted by molar-refractivity contribution is 7.91. The summed E-state index contributed by atoms with van der Waals surface area (Å²) in [7, 11) is -2.99. The molecular formula is C24H35N3O3S. The number of nitrogens with zero attached hydrogens (tertiary/aromatic N) is 3. The Kier molecular flexibility index (Phi) is 7.46. The summed E-state index contributed by atoms with van der Waals surface area (Å²) >= 11 is 0. The molecule has 0 N–H and O–H groups in total. The molecule has 0 bridgehead atoms. The number of piperazine rings is 1. The number of amides is 1. The van der Waals surface area contributed by atoms with E-state index in [1.54, 1.807) is 0 Å². The van der Waals surface area contributed by atoms with Gasteiger partial charge in [0.2, 0.25) is 5.91 Å². The maximum Gasteiger partial charge on any atom is 0.237 e. The lowest BCUT2D eigenvalue weighted by Crippen LogP contribution is -2.53. The summed E-state index contributed by atoms with van der Waals surface area (Å²) in [5.41, 5.74) is 1.22. The minimum absolute atomic E-state index is 0.120. The van der Waals surface area contributed by atoms with Gasteiger partial charge < -0.3 is 4.90 Å². The van der Waals surface area contributed by atoms with Crippen molar-refractivity contribution in [3.8, 4) is 0 Å². The molecular weight excluding hydrogens is 410 g/mol. The first-order chi connectivity index (χ1) is 15.0. The molecule has 1 aromatic carbocycles.